The Hall–Kier alpha value is -2.58. The van der Waals surface area contributed by atoms with E-state index in [1.54, 1.807) is 62.4 Å². The third kappa shape index (κ3) is 7.47. The summed E-state index contributed by atoms with van der Waals surface area (Å²) in [6, 6.07) is 13.1. The van der Waals surface area contributed by atoms with E-state index in [0.717, 1.165) is 28.1 Å². The van der Waals surface area contributed by atoms with Crippen LogP contribution in [-0.4, -0.2) is 50.0 Å². The van der Waals surface area contributed by atoms with Gasteiger partial charge in [0.05, 0.1) is 11.9 Å². The fraction of sp³-hybridized carbons (Fsp3) is 0.417. The summed E-state index contributed by atoms with van der Waals surface area (Å²) in [6.07, 6.45) is 1.81. The molecular weight excluding hydrogens is 462 g/mol. The van der Waals surface area contributed by atoms with Crippen LogP contribution in [0.25, 0.3) is 0 Å². The fourth-order valence-electron chi connectivity index (χ4n) is 3.27. The number of nitrogens with one attached hydrogen (secondary N) is 1. The lowest BCUT2D eigenvalue weighted by molar-refractivity contribution is -0.139. The van der Waals surface area contributed by atoms with Crippen LogP contribution in [0, 0.1) is 6.92 Å². The Balaban J connectivity index is 2.39. The largest absolute Gasteiger partial charge is 0.352 e. The molecule has 2 aromatic carbocycles. The summed E-state index contributed by atoms with van der Waals surface area (Å²) < 4.78 is 26.3. The van der Waals surface area contributed by atoms with Gasteiger partial charge >= 0.3 is 0 Å². The van der Waals surface area contributed by atoms with Gasteiger partial charge in [0.15, 0.2) is 0 Å². The lowest BCUT2D eigenvalue weighted by atomic mass is 10.1. The highest BCUT2D eigenvalue weighted by atomic mass is 35.5. The summed E-state index contributed by atoms with van der Waals surface area (Å²) in [6.45, 7) is 6.99. The van der Waals surface area contributed by atoms with Crippen molar-refractivity contribution in [2.45, 2.75) is 52.7 Å². The number of hydrogen-bond donors (Lipinski definition) is 1. The molecule has 1 N–H and O–H groups in total. The van der Waals surface area contributed by atoms with Gasteiger partial charge < -0.3 is 10.2 Å². The summed E-state index contributed by atoms with van der Waals surface area (Å²) >= 11 is 5.98. The maximum atomic E-state index is 13.5. The van der Waals surface area contributed by atoms with E-state index in [9.17, 15) is 18.0 Å². The standard InChI is InChI=1S/C24H32ClN3O4S/c1-6-18(3)26-24(30)19(4)27(15-20-11-13-21(25)14-12-20)23(29)16-28(33(5,31)32)22-10-8-7-9-17(22)2/h7-14,18-19H,6,15-16H2,1-5H3,(H,26,30)/t18-,19+/m1/s1. The van der Waals surface area contributed by atoms with Crippen LogP contribution in [0.15, 0.2) is 48.5 Å². The van der Waals surface area contributed by atoms with Crippen molar-refractivity contribution in [2.24, 2.45) is 0 Å². The fourth-order valence-corrected chi connectivity index (χ4v) is 4.31. The molecule has 0 heterocycles. The molecule has 7 nitrogen and oxygen atoms in total. The zero-order chi connectivity index (χ0) is 24.8. The van der Waals surface area contributed by atoms with E-state index in [0.29, 0.717) is 10.7 Å². The lowest BCUT2D eigenvalue weighted by Crippen LogP contribution is -2.52. The monoisotopic (exact) mass is 493 g/mol. The second-order valence-electron chi connectivity index (χ2n) is 8.20. The summed E-state index contributed by atoms with van der Waals surface area (Å²) in [4.78, 5) is 27.7. The van der Waals surface area contributed by atoms with E-state index in [4.69, 9.17) is 11.6 Å². The van der Waals surface area contributed by atoms with Crippen LogP contribution < -0.4 is 9.62 Å². The minimum absolute atomic E-state index is 0.0491. The van der Waals surface area contributed by atoms with E-state index in [-0.39, 0.29) is 18.5 Å². The molecule has 0 fully saturated rings. The number of halogens is 1. The molecular formula is C24H32ClN3O4S. The molecule has 0 unspecified atom stereocenters. The van der Waals surface area contributed by atoms with Crippen molar-refractivity contribution in [3.05, 3.63) is 64.7 Å². The van der Waals surface area contributed by atoms with Gasteiger partial charge in [-0.05, 0) is 56.5 Å². The topological polar surface area (TPSA) is 86.8 Å². The van der Waals surface area contributed by atoms with Crippen LogP contribution in [0.2, 0.25) is 5.02 Å². The van der Waals surface area contributed by atoms with Crippen LogP contribution >= 0.6 is 11.6 Å². The van der Waals surface area contributed by atoms with Gasteiger partial charge in [-0.25, -0.2) is 8.42 Å². The number of sulfonamides is 1. The molecule has 0 aliphatic carbocycles. The maximum absolute atomic E-state index is 13.5. The third-order valence-electron chi connectivity index (χ3n) is 5.50. The van der Waals surface area contributed by atoms with E-state index in [1.807, 2.05) is 13.8 Å². The number of anilines is 1. The smallest absolute Gasteiger partial charge is 0.244 e. The number of carbonyl (C=O) groups excluding carboxylic acids is 2. The molecule has 33 heavy (non-hydrogen) atoms. The number of aryl methyl sites for hydroxylation is 1. The van der Waals surface area contributed by atoms with Gasteiger partial charge in [-0.1, -0.05) is 48.9 Å². The van der Waals surface area contributed by atoms with Crippen molar-refractivity contribution in [3.63, 3.8) is 0 Å². The maximum Gasteiger partial charge on any atom is 0.244 e. The number of carbonyl (C=O) groups is 2. The highest BCUT2D eigenvalue weighted by Gasteiger charge is 2.30. The second kappa shape index (κ2) is 11.5. The van der Waals surface area contributed by atoms with Crippen molar-refractivity contribution < 1.29 is 18.0 Å². The van der Waals surface area contributed by atoms with Crippen LogP contribution in [0.3, 0.4) is 0 Å². The van der Waals surface area contributed by atoms with Gasteiger partial charge in [0.1, 0.15) is 12.6 Å². The summed E-state index contributed by atoms with van der Waals surface area (Å²) in [5, 5.41) is 3.46. The summed E-state index contributed by atoms with van der Waals surface area (Å²) in [5.41, 5.74) is 1.93. The number of amides is 2. The first-order valence-corrected chi connectivity index (χ1v) is 13.0. The molecule has 0 saturated carbocycles. The highest BCUT2D eigenvalue weighted by molar-refractivity contribution is 7.92. The number of rotatable bonds is 10. The molecule has 0 radical (unpaired) electrons. The molecule has 2 aromatic rings. The first-order valence-electron chi connectivity index (χ1n) is 10.8. The number of nitrogens with zero attached hydrogens (tertiary/aromatic N) is 2. The normalized spacial score (nSPS) is 13.2. The van der Waals surface area contributed by atoms with Crippen molar-refractivity contribution in [3.8, 4) is 0 Å². The average Bonchev–Trinajstić information content (AvgIpc) is 2.76. The molecule has 9 heteroatoms. The Kier molecular flexibility index (Phi) is 9.31. The molecule has 2 atom stereocenters. The van der Waals surface area contributed by atoms with Gasteiger partial charge in [0.25, 0.3) is 0 Å². The summed E-state index contributed by atoms with van der Waals surface area (Å²) in [5.74, 6) is -0.779. The summed E-state index contributed by atoms with van der Waals surface area (Å²) in [7, 11) is -3.75. The van der Waals surface area contributed by atoms with E-state index in [1.165, 1.54) is 4.90 Å². The lowest BCUT2D eigenvalue weighted by Gasteiger charge is -2.32. The number of para-hydroxylation sites is 1. The predicted octanol–water partition coefficient (Wildman–Crippen LogP) is 3.75. The Labute approximate surface area is 201 Å². The molecule has 0 bridgehead atoms. The highest BCUT2D eigenvalue weighted by Crippen LogP contribution is 2.23. The molecule has 0 aliphatic heterocycles. The van der Waals surface area contributed by atoms with Crippen molar-refractivity contribution in [2.75, 3.05) is 17.1 Å². The van der Waals surface area contributed by atoms with Crippen molar-refractivity contribution in [1.29, 1.82) is 0 Å². The average molecular weight is 494 g/mol. The van der Waals surface area contributed by atoms with Gasteiger partial charge in [0, 0.05) is 17.6 Å². The molecule has 0 spiro atoms. The van der Waals surface area contributed by atoms with Gasteiger partial charge in [0.2, 0.25) is 21.8 Å². The minimum Gasteiger partial charge on any atom is -0.352 e. The van der Waals surface area contributed by atoms with E-state index >= 15 is 0 Å². The van der Waals surface area contributed by atoms with Crippen LogP contribution in [0.1, 0.15) is 38.3 Å². The zero-order valence-electron chi connectivity index (χ0n) is 19.7. The van der Waals surface area contributed by atoms with Crippen molar-refractivity contribution >= 4 is 39.1 Å². The Bertz CT molecular complexity index is 1070. The van der Waals surface area contributed by atoms with Crippen molar-refractivity contribution in [1.82, 2.24) is 10.2 Å². The SMILES string of the molecule is CC[C@@H](C)NC(=O)[C@H](C)N(Cc1ccc(Cl)cc1)C(=O)CN(c1ccccc1C)S(C)(=O)=O. The molecule has 0 aromatic heterocycles. The zero-order valence-corrected chi connectivity index (χ0v) is 21.3. The Morgan fingerprint density at radius 3 is 2.21 bits per heavy atom. The quantitative estimate of drug-likeness (QED) is 0.546. The first-order chi connectivity index (χ1) is 15.4. The van der Waals surface area contributed by atoms with Gasteiger partial charge in [-0.2, -0.15) is 0 Å². The Morgan fingerprint density at radius 2 is 1.67 bits per heavy atom. The number of hydrogen-bond acceptors (Lipinski definition) is 4. The first kappa shape index (κ1) is 26.7. The third-order valence-corrected chi connectivity index (χ3v) is 6.88. The molecule has 2 amide bonds. The minimum atomic E-state index is -3.75. The number of benzene rings is 2. The molecule has 180 valence electrons. The van der Waals surface area contributed by atoms with Gasteiger partial charge in [-0.15, -0.1) is 0 Å². The molecule has 0 saturated heterocycles. The second-order valence-corrected chi connectivity index (χ2v) is 10.5. The predicted molar refractivity (Wildman–Crippen MR) is 133 cm³/mol. The van der Waals surface area contributed by atoms with Crippen LogP contribution in [-0.2, 0) is 26.2 Å². The molecule has 2 rings (SSSR count). The molecule has 0 aliphatic rings. The van der Waals surface area contributed by atoms with E-state index < -0.39 is 28.5 Å². The van der Waals surface area contributed by atoms with Gasteiger partial charge in [-0.3, -0.25) is 13.9 Å². The Morgan fingerprint density at radius 1 is 1.06 bits per heavy atom. The van der Waals surface area contributed by atoms with Crippen LogP contribution in [0.4, 0.5) is 5.69 Å². The van der Waals surface area contributed by atoms with Crippen LogP contribution in [0.5, 0.6) is 0 Å². The van der Waals surface area contributed by atoms with E-state index in [2.05, 4.69) is 5.32 Å².